The molecule has 2 aromatic rings. The molecule has 5 nitrogen and oxygen atoms in total. The Kier molecular flexibility index (Phi) is 4.98. The molecule has 0 aliphatic heterocycles. The van der Waals surface area contributed by atoms with Crippen LogP contribution in [0.1, 0.15) is 25.8 Å². The van der Waals surface area contributed by atoms with Crippen molar-refractivity contribution in [3.63, 3.8) is 0 Å². The lowest BCUT2D eigenvalue weighted by atomic mass is 10.2. The summed E-state index contributed by atoms with van der Waals surface area (Å²) in [7, 11) is 0. The van der Waals surface area contributed by atoms with Crippen molar-refractivity contribution in [3.8, 4) is 0 Å². The van der Waals surface area contributed by atoms with Gasteiger partial charge in [0.2, 0.25) is 5.95 Å². The molecule has 0 fully saturated rings. The number of anilines is 4. The van der Waals surface area contributed by atoms with Crippen LogP contribution in [0.25, 0.3) is 0 Å². The highest BCUT2D eigenvalue weighted by molar-refractivity contribution is 5.63. The van der Waals surface area contributed by atoms with Crippen molar-refractivity contribution < 1.29 is 0 Å². The van der Waals surface area contributed by atoms with Crippen LogP contribution in [0.3, 0.4) is 0 Å². The fraction of sp³-hybridized carbons (Fsp3) is 0.375. The summed E-state index contributed by atoms with van der Waals surface area (Å²) in [5, 5.41) is 3.26. The molecule has 0 bridgehead atoms. The van der Waals surface area contributed by atoms with Gasteiger partial charge in [0.1, 0.15) is 11.6 Å². The Labute approximate surface area is 126 Å². The van der Waals surface area contributed by atoms with E-state index < -0.39 is 0 Å². The molecule has 0 amide bonds. The van der Waals surface area contributed by atoms with E-state index in [1.54, 1.807) is 0 Å². The molecule has 0 saturated carbocycles. The van der Waals surface area contributed by atoms with E-state index >= 15 is 0 Å². The van der Waals surface area contributed by atoms with Gasteiger partial charge in [-0.05, 0) is 32.4 Å². The number of benzene rings is 1. The van der Waals surface area contributed by atoms with Gasteiger partial charge in [0, 0.05) is 24.8 Å². The molecule has 0 spiro atoms. The van der Waals surface area contributed by atoms with E-state index in [0.717, 1.165) is 36.8 Å². The predicted molar refractivity (Wildman–Crippen MR) is 89.1 cm³/mol. The summed E-state index contributed by atoms with van der Waals surface area (Å²) in [5.41, 5.74) is 8.17. The molecule has 21 heavy (non-hydrogen) atoms. The normalized spacial score (nSPS) is 10.4. The number of nitrogens with two attached hydrogens (primary N) is 1. The topological polar surface area (TPSA) is 67.1 Å². The van der Waals surface area contributed by atoms with Gasteiger partial charge in [-0.25, -0.2) is 0 Å². The highest BCUT2D eigenvalue weighted by Gasteiger charge is 2.11. The summed E-state index contributed by atoms with van der Waals surface area (Å²) >= 11 is 0. The SMILES string of the molecule is CCCNc1cc(N(CC)c2ccc(C)cc2)nc(N)n1. The minimum atomic E-state index is 0.289. The Hall–Kier alpha value is -2.30. The molecular formula is C16H23N5. The third-order valence-corrected chi connectivity index (χ3v) is 3.22. The van der Waals surface area contributed by atoms with E-state index in [0.29, 0.717) is 0 Å². The second-order valence-corrected chi connectivity index (χ2v) is 4.98. The first kappa shape index (κ1) is 15.1. The molecule has 0 radical (unpaired) electrons. The molecule has 2 rings (SSSR count). The standard InChI is InChI=1S/C16H23N5/c1-4-10-18-14-11-15(20-16(17)19-14)21(5-2)13-8-6-12(3)7-9-13/h6-9,11H,4-5,10H2,1-3H3,(H3,17,18,19,20). The molecule has 1 heterocycles. The minimum Gasteiger partial charge on any atom is -0.370 e. The molecule has 1 aromatic carbocycles. The molecule has 3 N–H and O–H groups in total. The highest BCUT2D eigenvalue weighted by atomic mass is 15.2. The van der Waals surface area contributed by atoms with Gasteiger partial charge >= 0.3 is 0 Å². The first-order valence-electron chi connectivity index (χ1n) is 7.36. The van der Waals surface area contributed by atoms with Crippen LogP contribution in [0.15, 0.2) is 30.3 Å². The van der Waals surface area contributed by atoms with E-state index in [2.05, 4.69) is 65.2 Å². The number of rotatable bonds is 6. The summed E-state index contributed by atoms with van der Waals surface area (Å²) < 4.78 is 0. The van der Waals surface area contributed by atoms with Crippen LogP contribution in [0.4, 0.5) is 23.3 Å². The van der Waals surface area contributed by atoms with Crippen LogP contribution in [-0.4, -0.2) is 23.1 Å². The van der Waals surface area contributed by atoms with Crippen molar-refractivity contribution in [1.29, 1.82) is 0 Å². The van der Waals surface area contributed by atoms with Crippen molar-refractivity contribution in [2.75, 3.05) is 29.0 Å². The van der Waals surface area contributed by atoms with Crippen LogP contribution in [0.5, 0.6) is 0 Å². The van der Waals surface area contributed by atoms with Crippen LogP contribution < -0.4 is 16.0 Å². The van der Waals surface area contributed by atoms with Gasteiger partial charge in [-0.3, -0.25) is 0 Å². The van der Waals surface area contributed by atoms with Crippen molar-refractivity contribution in [2.45, 2.75) is 27.2 Å². The molecule has 0 unspecified atom stereocenters. The maximum absolute atomic E-state index is 5.84. The second kappa shape index (κ2) is 6.92. The van der Waals surface area contributed by atoms with Gasteiger partial charge in [-0.1, -0.05) is 24.6 Å². The van der Waals surface area contributed by atoms with Gasteiger partial charge in [-0.15, -0.1) is 0 Å². The zero-order chi connectivity index (χ0) is 15.2. The number of nitrogen functional groups attached to an aromatic ring is 1. The maximum atomic E-state index is 5.84. The number of hydrogen-bond acceptors (Lipinski definition) is 5. The van der Waals surface area contributed by atoms with Gasteiger partial charge in [-0.2, -0.15) is 9.97 Å². The Morgan fingerprint density at radius 2 is 1.86 bits per heavy atom. The number of nitrogens with one attached hydrogen (secondary N) is 1. The smallest absolute Gasteiger partial charge is 0.223 e. The van der Waals surface area contributed by atoms with Gasteiger partial charge in [0.15, 0.2) is 0 Å². The van der Waals surface area contributed by atoms with Crippen LogP contribution in [-0.2, 0) is 0 Å². The van der Waals surface area contributed by atoms with E-state index in [1.807, 2.05) is 6.07 Å². The zero-order valence-electron chi connectivity index (χ0n) is 12.9. The quantitative estimate of drug-likeness (QED) is 0.852. The number of aryl methyl sites for hydroxylation is 1. The number of hydrogen-bond donors (Lipinski definition) is 2. The van der Waals surface area contributed by atoms with Crippen LogP contribution in [0.2, 0.25) is 0 Å². The lowest BCUT2D eigenvalue weighted by Crippen LogP contribution is -2.19. The number of aromatic nitrogens is 2. The van der Waals surface area contributed by atoms with Crippen LogP contribution >= 0.6 is 0 Å². The zero-order valence-corrected chi connectivity index (χ0v) is 12.9. The third-order valence-electron chi connectivity index (χ3n) is 3.22. The van der Waals surface area contributed by atoms with Crippen molar-refractivity contribution in [2.24, 2.45) is 0 Å². The van der Waals surface area contributed by atoms with Crippen molar-refractivity contribution >= 4 is 23.3 Å². The van der Waals surface area contributed by atoms with Crippen molar-refractivity contribution in [1.82, 2.24) is 9.97 Å². The molecule has 0 saturated heterocycles. The summed E-state index contributed by atoms with van der Waals surface area (Å²) in [6, 6.07) is 10.3. The molecule has 5 heteroatoms. The molecule has 0 aliphatic carbocycles. The minimum absolute atomic E-state index is 0.289. The Balaban J connectivity index is 2.32. The molecule has 0 atom stereocenters. The van der Waals surface area contributed by atoms with E-state index in [1.165, 1.54) is 5.56 Å². The van der Waals surface area contributed by atoms with E-state index in [4.69, 9.17) is 5.73 Å². The van der Waals surface area contributed by atoms with E-state index in [-0.39, 0.29) is 5.95 Å². The molecule has 112 valence electrons. The molecule has 1 aromatic heterocycles. The summed E-state index contributed by atoms with van der Waals surface area (Å²) in [6.07, 6.45) is 1.04. The van der Waals surface area contributed by atoms with Gasteiger partial charge in [0.25, 0.3) is 0 Å². The van der Waals surface area contributed by atoms with Gasteiger partial charge < -0.3 is 16.0 Å². The summed E-state index contributed by atoms with van der Waals surface area (Å²) in [4.78, 5) is 10.7. The molecular weight excluding hydrogens is 262 g/mol. The molecule has 0 aliphatic rings. The second-order valence-electron chi connectivity index (χ2n) is 4.98. The Morgan fingerprint density at radius 1 is 1.14 bits per heavy atom. The lowest BCUT2D eigenvalue weighted by Gasteiger charge is -2.23. The first-order chi connectivity index (χ1) is 10.1. The maximum Gasteiger partial charge on any atom is 0.223 e. The third kappa shape index (κ3) is 3.84. The fourth-order valence-corrected chi connectivity index (χ4v) is 2.14. The average Bonchev–Trinajstić information content (AvgIpc) is 2.47. The highest BCUT2D eigenvalue weighted by Crippen LogP contribution is 2.25. The summed E-state index contributed by atoms with van der Waals surface area (Å²) in [5.74, 6) is 1.87. The monoisotopic (exact) mass is 285 g/mol. The Bertz CT molecular complexity index is 580. The first-order valence-corrected chi connectivity index (χ1v) is 7.36. The fourth-order valence-electron chi connectivity index (χ4n) is 2.14. The van der Waals surface area contributed by atoms with Gasteiger partial charge in [0.05, 0.1) is 0 Å². The average molecular weight is 285 g/mol. The van der Waals surface area contributed by atoms with Crippen LogP contribution in [0, 0.1) is 6.92 Å². The predicted octanol–water partition coefficient (Wildman–Crippen LogP) is 3.35. The Morgan fingerprint density at radius 3 is 2.48 bits per heavy atom. The lowest BCUT2D eigenvalue weighted by molar-refractivity contribution is 0.953. The van der Waals surface area contributed by atoms with Crippen molar-refractivity contribution in [3.05, 3.63) is 35.9 Å². The van der Waals surface area contributed by atoms with E-state index in [9.17, 15) is 0 Å². The summed E-state index contributed by atoms with van der Waals surface area (Å²) in [6.45, 7) is 7.97. The number of nitrogens with zero attached hydrogens (tertiary/aromatic N) is 3. The largest absolute Gasteiger partial charge is 0.370 e.